The standard InChI is InChI=1S/C24H23N3O3S/c1-17-13-14-19(15-22(17)31(28,29)27(2)3)23-20-11-7-8-12-21(20)24(26-25-23)30-16-18-9-5-4-6-10-18/h4-15H,16H2,1-3H3. The van der Waals surface area contributed by atoms with Crippen molar-refractivity contribution in [1.29, 1.82) is 0 Å². The number of nitrogens with zero attached hydrogens (tertiary/aromatic N) is 3. The lowest BCUT2D eigenvalue weighted by Gasteiger charge is -2.15. The lowest BCUT2D eigenvalue weighted by molar-refractivity contribution is 0.295. The normalized spacial score (nSPS) is 11.7. The fourth-order valence-corrected chi connectivity index (χ4v) is 4.49. The Kier molecular flexibility index (Phi) is 5.71. The van der Waals surface area contributed by atoms with Crippen molar-refractivity contribution in [3.63, 3.8) is 0 Å². The third-order valence-electron chi connectivity index (χ3n) is 5.09. The van der Waals surface area contributed by atoms with Gasteiger partial charge in [-0.3, -0.25) is 0 Å². The Balaban J connectivity index is 1.78. The van der Waals surface area contributed by atoms with Crippen LogP contribution in [-0.2, 0) is 16.6 Å². The van der Waals surface area contributed by atoms with Gasteiger partial charge in [0.05, 0.1) is 4.90 Å². The van der Waals surface area contributed by atoms with Gasteiger partial charge in [-0.15, -0.1) is 10.2 Å². The fraction of sp³-hybridized carbons (Fsp3) is 0.167. The molecular weight excluding hydrogens is 410 g/mol. The topological polar surface area (TPSA) is 72.4 Å². The zero-order valence-electron chi connectivity index (χ0n) is 17.6. The van der Waals surface area contributed by atoms with Crippen molar-refractivity contribution in [3.05, 3.63) is 83.9 Å². The number of aromatic nitrogens is 2. The first kappa shape index (κ1) is 21.0. The summed E-state index contributed by atoms with van der Waals surface area (Å²) < 4.78 is 32.6. The molecule has 0 saturated carbocycles. The third kappa shape index (κ3) is 4.15. The summed E-state index contributed by atoms with van der Waals surface area (Å²) in [6.45, 7) is 2.17. The van der Waals surface area contributed by atoms with E-state index in [1.54, 1.807) is 19.1 Å². The molecule has 158 valence electrons. The summed E-state index contributed by atoms with van der Waals surface area (Å²) in [5, 5.41) is 10.4. The monoisotopic (exact) mass is 433 g/mol. The molecule has 0 atom stereocenters. The molecule has 0 amide bonds. The van der Waals surface area contributed by atoms with Crippen molar-refractivity contribution in [2.45, 2.75) is 18.4 Å². The maximum Gasteiger partial charge on any atom is 0.242 e. The maximum absolute atomic E-state index is 12.7. The van der Waals surface area contributed by atoms with Crippen molar-refractivity contribution in [2.75, 3.05) is 14.1 Å². The number of fused-ring (bicyclic) bond motifs is 1. The Hall–Kier alpha value is -3.29. The number of aryl methyl sites for hydroxylation is 1. The van der Waals surface area contributed by atoms with Crippen LogP contribution in [0.15, 0.2) is 77.7 Å². The van der Waals surface area contributed by atoms with Gasteiger partial charge in [-0.1, -0.05) is 60.7 Å². The summed E-state index contributed by atoms with van der Waals surface area (Å²) in [6.07, 6.45) is 0. The number of ether oxygens (including phenoxy) is 1. The van der Waals surface area contributed by atoms with Crippen LogP contribution in [0, 0.1) is 6.92 Å². The number of rotatable bonds is 6. The van der Waals surface area contributed by atoms with Crippen molar-refractivity contribution in [1.82, 2.24) is 14.5 Å². The van der Waals surface area contributed by atoms with Crippen LogP contribution in [0.1, 0.15) is 11.1 Å². The number of benzene rings is 3. The Labute approximate surface area is 182 Å². The zero-order valence-corrected chi connectivity index (χ0v) is 18.4. The highest BCUT2D eigenvalue weighted by molar-refractivity contribution is 7.89. The summed E-state index contributed by atoms with van der Waals surface area (Å²) >= 11 is 0. The third-order valence-corrected chi connectivity index (χ3v) is 7.05. The molecule has 1 aromatic heterocycles. The van der Waals surface area contributed by atoms with E-state index in [0.29, 0.717) is 29.3 Å². The molecule has 0 spiro atoms. The van der Waals surface area contributed by atoms with E-state index in [1.807, 2.05) is 60.7 Å². The molecule has 0 aliphatic heterocycles. The Bertz CT molecular complexity index is 1340. The fourth-order valence-electron chi connectivity index (χ4n) is 3.35. The van der Waals surface area contributed by atoms with Gasteiger partial charge in [-0.2, -0.15) is 0 Å². The van der Waals surface area contributed by atoms with E-state index >= 15 is 0 Å². The molecule has 0 radical (unpaired) electrons. The van der Waals surface area contributed by atoms with E-state index in [-0.39, 0.29) is 4.90 Å². The highest BCUT2D eigenvalue weighted by Gasteiger charge is 2.21. The Morgan fingerprint density at radius 1 is 0.871 bits per heavy atom. The molecule has 31 heavy (non-hydrogen) atoms. The number of sulfonamides is 1. The molecule has 0 fully saturated rings. The van der Waals surface area contributed by atoms with Crippen LogP contribution >= 0.6 is 0 Å². The first-order valence-corrected chi connectivity index (χ1v) is 11.3. The van der Waals surface area contributed by atoms with E-state index in [4.69, 9.17) is 4.74 Å². The van der Waals surface area contributed by atoms with Crippen molar-refractivity contribution >= 4 is 20.8 Å². The van der Waals surface area contributed by atoms with E-state index in [2.05, 4.69) is 10.2 Å². The van der Waals surface area contributed by atoms with Crippen LogP contribution in [-0.4, -0.2) is 37.0 Å². The molecule has 7 heteroatoms. The van der Waals surface area contributed by atoms with Crippen molar-refractivity contribution in [2.24, 2.45) is 0 Å². The predicted octanol–water partition coefficient (Wildman–Crippen LogP) is 4.43. The predicted molar refractivity (Wildman–Crippen MR) is 121 cm³/mol. The maximum atomic E-state index is 12.7. The minimum atomic E-state index is -3.58. The molecule has 3 aromatic carbocycles. The molecular formula is C24H23N3O3S. The summed E-state index contributed by atoms with van der Waals surface area (Å²) in [6, 6.07) is 22.9. The van der Waals surface area contributed by atoms with E-state index < -0.39 is 10.0 Å². The summed E-state index contributed by atoms with van der Waals surface area (Å²) in [5.74, 6) is 0.441. The average Bonchev–Trinajstić information content (AvgIpc) is 2.78. The number of hydrogen-bond acceptors (Lipinski definition) is 5. The summed E-state index contributed by atoms with van der Waals surface area (Å²) in [4.78, 5) is 0.255. The first-order chi connectivity index (χ1) is 14.9. The van der Waals surface area contributed by atoms with Gasteiger partial charge in [0.2, 0.25) is 15.9 Å². The summed E-state index contributed by atoms with van der Waals surface area (Å²) in [7, 11) is -0.532. The van der Waals surface area contributed by atoms with Gasteiger partial charge >= 0.3 is 0 Å². The van der Waals surface area contributed by atoms with Gasteiger partial charge in [0.1, 0.15) is 12.3 Å². The van der Waals surface area contributed by atoms with E-state index in [1.165, 1.54) is 18.4 Å². The first-order valence-electron chi connectivity index (χ1n) is 9.83. The lowest BCUT2D eigenvalue weighted by Crippen LogP contribution is -2.23. The van der Waals surface area contributed by atoms with Gasteiger partial charge in [0.15, 0.2) is 0 Å². The van der Waals surface area contributed by atoms with Crippen LogP contribution < -0.4 is 4.74 Å². The van der Waals surface area contributed by atoms with Crippen LogP contribution in [0.2, 0.25) is 0 Å². The molecule has 4 aromatic rings. The van der Waals surface area contributed by atoms with Crippen molar-refractivity contribution in [3.8, 4) is 17.1 Å². The smallest absolute Gasteiger partial charge is 0.242 e. The second kappa shape index (κ2) is 8.45. The van der Waals surface area contributed by atoms with Crippen LogP contribution in [0.3, 0.4) is 0 Å². The van der Waals surface area contributed by atoms with Gasteiger partial charge in [0.25, 0.3) is 0 Å². The Morgan fingerprint density at radius 2 is 1.55 bits per heavy atom. The molecule has 0 N–H and O–H groups in total. The average molecular weight is 434 g/mol. The van der Waals surface area contributed by atoms with Crippen molar-refractivity contribution < 1.29 is 13.2 Å². The minimum Gasteiger partial charge on any atom is -0.471 e. The molecule has 0 unspecified atom stereocenters. The minimum absolute atomic E-state index is 0.255. The zero-order chi connectivity index (χ0) is 22.0. The number of hydrogen-bond donors (Lipinski definition) is 0. The van der Waals surface area contributed by atoms with Gasteiger partial charge in [-0.05, 0) is 30.2 Å². The highest BCUT2D eigenvalue weighted by atomic mass is 32.2. The lowest BCUT2D eigenvalue weighted by atomic mass is 10.0. The molecule has 0 saturated heterocycles. The van der Waals surface area contributed by atoms with Gasteiger partial charge in [0, 0.05) is 30.4 Å². The molecule has 0 aliphatic carbocycles. The molecule has 0 aliphatic rings. The van der Waals surface area contributed by atoms with Crippen LogP contribution in [0.4, 0.5) is 0 Å². The van der Waals surface area contributed by atoms with Crippen LogP contribution in [0.25, 0.3) is 22.0 Å². The molecule has 4 rings (SSSR count). The van der Waals surface area contributed by atoms with Gasteiger partial charge in [-0.25, -0.2) is 12.7 Å². The van der Waals surface area contributed by atoms with E-state index in [9.17, 15) is 8.42 Å². The highest BCUT2D eigenvalue weighted by Crippen LogP contribution is 2.33. The van der Waals surface area contributed by atoms with E-state index in [0.717, 1.165) is 16.3 Å². The van der Waals surface area contributed by atoms with Crippen LogP contribution in [0.5, 0.6) is 5.88 Å². The Morgan fingerprint density at radius 3 is 2.26 bits per heavy atom. The largest absolute Gasteiger partial charge is 0.471 e. The second-order valence-corrected chi connectivity index (χ2v) is 9.56. The quantitative estimate of drug-likeness (QED) is 0.450. The molecule has 0 bridgehead atoms. The SMILES string of the molecule is Cc1ccc(-c2nnc(OCc3ccccc3)c3ccccc23)cc1S(=O)(=O)N(C)C. The van der Waals surface area contributed by atoms with Gasteiger partial charge < -0.3 is 4.74 Å². The molecule has 1 heterocycles. The molecule has 6 nitrogen and oxygen atoms in total. The second-order valence-electron chi connectivity index (χ2n) is 7.44. The summed E-state index contributed by atoms with van der Waals surface area (Å²) in [5.41, 5.74) is 3.01.